The minimum Gasteiger partial charge on any atom is -0.469 e. The van der Waals surface area contributed by atoms with Gasteiger partial charge in [-0.1, -0.05) is 48.0 Å². The zero-order valence-corrected chi connectivity index (χ0v) is 18.0. The molecular formula is C22H21Cl2N3O3. The number of allylic oxidation sites excluding steroid dienone is 3. The second-order valence-electron chi connectivity index (χ2n) is 7.28. The van der Waals surface area contributed by atoms with Crippen LogP contribution >= 0.6 is 23.2 Å². The molecule has 1 amide bonds. The van der Waals surface area contributed by atoms with Crippen molar-refractivity contribution in [1.29, 1.82) is 0 Å². The molecule has 1 aliphatic heterocycles. The summed E-state index contributed by atoms with van der Waals surface area (Å²) in [6.45, 7) is 4.42. The highest BCUT2D eigenvalue weighted by molar-refractivity contribution is 6.42. The third kappa shape index (κ3) is 4.03. The van der Waals surface area contributed by atoms with E-state index in [1.165, 1.54) is 0 Å². The Hall–Kier alpha value is -2.54. The number of hydrogen-bond acceptors (Lipinski definition) is 4. The normalized spacial score (nSPS) is 18.9. The molecule has 1 aromatic heterocycles. The number of aryl methyl sites for hydroxylation is 1. The molecule has 8 heteroatoms. The van der Waals surface area contributed by atoms with Crippen molar-refractivity contribution in [3.63, 3.8) is 0 Å². The number of carbonyl (C=O) groups is 1. The van der Waals surface area contributed by atoms with Crippen molar-refractivity contribution in [3.8, 4) is 11.3 Å². The van der Waals surface area contributed by atoms with Crippen molar-refractivity contribution in [2.45, 2.75) is 12.8 Å². The number of nitrogens with one attached hydrogen (secondary N) is 1. The van der Waals surface area contributed by atoms with Crippen LogP contribution in [0, 0.1) is 5.41 Å². The maximum absolute atomic E-state index is 13.2. The number of carbonyl (C=O) groups excluding carboxylic acids is 1. The Bertz CT molecular complexity index is 1060. The molecule has 2 aromatic rings. The molecule has 1 N–H and O–H groups in total. The van der Waals surface area contributed by atoms with Gasteiger partial charge in [-0.3, -0.25) is 9.48 Å². The van der Waals surface area contributed by atoms with Crippen LogP contribution in [0.3, 0.4) is 0 Å². The first-order valence-corrected chi connectivity index (χ1v) is 10.2. The minimum absolute atomic E-state index is 0.0879. The molecule has 0 radical (unpaired) electrons. The summed E-state index contributed by atoms with van der Waals surface area (Å²) in [7, 11) is 1.78. The van der Waals surface area contributed by atoms with Gasteiger partial charge in [0, 0.05) is 18.7 Å². The monoisotopic (exact) mass is 445 g/mol. The highest BCUT2D eigenvalue weighted by atomic mass is 35.5. The number of anilines is 1. The van der Waals surface area contributed by atoms with Crippen molar-refractivity contribution in [2.24, 2.45) is 12.5 Å². The molecule has 6 nitrogen and oxygen atoms in total. The number of halogens is 2. The molecule has 1 aromatic carbocycles. The predicted octanol–water partition coefficient (Wildman–Crippen LogP) is 5.11. The van der Waals surface area contributed by atoms with Gasteiger partial charge >= 0.3 is 0 Å². The molecule has 30 heavy (non-hydrogen) atoms. The topological polar surface area (TPSA) is 65.4 Å². The fourth-order valence-electron chi connectivity index (χ4n) is 3.42. The van der Waals surface area contributed by atoms with Crippen molar-refractivity contribution in [2.75, 3.05) is 18.7 Å². The van der Waals surface area contributed by atoms with Crippen LogP contribution in [-0.2, 0) is 21.3 Å². The van der Waals surface area contributed by atoms with E-state index < -0.39 is 5.41 Å². The zero-order chi connectivity index (χ0) is 21.3. The van der Waals surface area contributed by atoms with Crippen LogP contribution in [0.5, 0.6) is 0 Å². The molecule has 2 aliphatic rings. The minimum atomic E-state index is -0.610. The number of benzene rings is 1. The van der Waals surface area contributed by atoms with E-state index in [1.54, 1.807) is 29.9 Å². The summed E-state index contributed by atoms with van der Waals surface area (Å²) < 4.78 is 12.3. The largest absolute Gasteiger partial charge is 0.469 e. The fraction of sp³-hybridized carbons (Fsp3) is 0.273. The number of rotatable bonds is 6. The first kappa shape index (κ1) is 20.7. The number of ether oxygens (including phenoxy) is 2. The van der Waals surface area contributed by atoms with Crippen LogP contribution in [0.4, 0.5) is 5.82 Å². The molecule has 0 spiro atoms. The molecule has 0 unspecified atom stereocenters. The maximum Gasteiger partial charge on any atom is 0.236 e. The van der Waals surface area contributed by atoms with E-state index in [4.69, 9.17) is 32.7 Å². The van der Waals surface area contributed by atoms with Crippen LogP contribution in [0.1, 0.15) is 12.8 Å². The summed E-state index contributed by atoms with van der Waals surface area (Å²) in [5.74, 6) is 1.22. The predicted molar refractivity (Wildman–Crippen MR) is 117 cm³/mol. The molecule has 4 rings (SSSR count). The van der Waals surface area contributed by atoms with Crippen LogP contribution < -0.4 is 5.32 Å². The highest BCUT2D eigenvalue weighted by Gasteiger charge is 2.52. The SMILES string of the molecule is C=C/C=C(\C=C1/COCO1)C1(C(=O)Nc2cc(-c3ccc(Cl)c(Cl)c3)nn2C)CC1. The second kappa shape index (κ2) is 8.30. The average molecular weight is 446 g/mol. The van der Waals surface area contributed by atoms with Gasteiger partial charge in [0.1, 0.15) is 18.2 Å². The Morgan fingerprint density at radius 1 is 1.30 bits per heavy atom. The molecule has 1 saturated heterocycles. The van der Waals surface area contributed by atoms with Crippen LogP contribution in [0.2, 0.25) is 10.0 Å². The van der Waals surface area contributed by atoms with E-state index in [0.29, 0.717) is 33.9 Å². The molecule has 2 heterocycles. The quantitative estimate of drug-likeness (QED) is 0.627. The fourth-order valence-corrected chi connectivity index (χ4v) is 3.72. The molecule has 2 fully saturated rings. The highest BCUT2D eigenvalue weighted by Crippen LogP contribution is 2.53. The summed E-state index contributed by atoms with van der Waals surface area (Å²) in [6, 6.07) is 7.13. The number of nitrogens with zero attached hydrogens (tertiary/aromatic N) is 2. The summed E-state index contributed by atoms with van der Waals surface area (Å²) in [4.78, 5) is 13.2. The van der Waals surface area contributed by atoms with E-state index >= 15 is 0 Å². The Morgan fingerprint density at radius 2 is 2.10 bits per heavy atom. The lowest BCUT2D eigenvalue weighted by Gasteiger charge is -2.17. The van der Waals surface area contributed by atoms with Crippen LogP contribution in [-0.4, -0.2) is 29.1 Å². The van der Waals surface area contributed by atoms with Crippen molar-refractivity contribution < 1.29 is 14.3 Å². The summed E-state index contributed by atoms with van der Waals surface area (Å²) in [5, 5.41) is 8.44. The first-order chi connectivity index (χ1) is 14.4. The van der Waals surface area contributed by atoms with Gasteiger partial charge in [-0.05, 0) is 36.6 Å². The van der Waals surface area contributed by atoms with Gasteiger partial charge in [0.15, 0.2) is 6.79 Å². The van der Waals surface area contributed by atoms with Gasteiger partial charge in [-0.2, -0.15) is 5.10 Å². The molecule has 1 aliphatic carbocycles. The third-order valence-corrected chi connectivity index (χ3v) is 6.00. The number of aromatic nitrogens is 2. The van der Waals surface area contributed by atoms with Crippen molar-refractivity contribution in [3.05, 3.63) is 70.5 Å². The molecule has 156 valence electrons. The van der Waals surface area contributed by atoms with E-state index in [9.17, 15) is 4.79 Å². The first-order valence-electron chi connectivity index (χ1n) is 9.48. The van der Waals surface area contributed by atoms with Crippen molar-refractivity contribution in [1.82, 2.24) is 9.78 Å². The van der Waals surface area contributed by atoms with Gasteiger partial charge in [-0.15, -0.1) is 0 Å². The summed E-state index contributed by atoms with van der Waals surface area (Å²) >= 11 is 12.1. The van der Waals surface area contributed by atoms with Gasteiger partial charge in [0.05, 0.1) is 21.2 Å². The lowest BCUT2D eigenvalue weighted by atomic mass is 9.93. The lowest BCUT2D eigenvalue weighted by molar-refractivity contribution is -0.119. The summed E-state index contributed by atoms with van der Waals surface area (Å²) in [5.41, 5.74) is 1.76. The third-order valence-electron chi connectivity index (χ3n) is 5.26. The van der Waals surface area contributed by atoms with Crippen molar-refractivity contribution >= 4 is 34.9 Å². The van der Waals surface area contributed by atoms with E-state index in [0.717, 1.165) is 24.0 Å². The molecular weight excluding hydrogens is 425 g/mol. The van der Waals surface area contributed by atoms with Crippen LogP contribution in [0.15, 0.2) is 60.4 Å². The van der Waals surface area contributed by atoms with Gasteiger partial charge in [-0.25, -0.2) is 0 Å². The van der Waals surface area contributed by atoms with Gasteiger partial charge in [0.2, 0.25) is 5.91 Å². The smallest absolute Gasteiger partial charge is 0.236 e. The Morgan fingerprint density at radius 3 is 2.73 bits per heavy atom. The van der Waals surface area contributed by atoms with Gasteiger partial charge in [0.25, 0.3) is 0 Å². The summed E-state index contributed by atoms with van der Waals surface area (Å²) in [6.07, 6.45) is 6.92. The standard InChI is InChI=1S/C22H21Cl2N3O3/c1-3-4-15(10-16-12-29-13-30-16)22(7-8-22)21(28)25-20-11-19(26-27(20)2)14-5-6-17(23)18(24)9-14/h3-6,9-11H,1,7-8,12-13H2,2H3,(H,25,28)/b15-4+,16-10+. The molecule has 0 bridgehead atoms. The van der Waals surface area contributed by atoms with Gasteiger partial charge < -0.3 is 14.8 Å². The Kier molecular flexibility index (Phi) is 5.73. The Balaban J connectivity index is 1.57. The van der Waals surface area contributed by atoms with E-state index in [2.05, 4.69) is 17.0 Å². The molecule has 1 saturated carbocycles. The number of hydrogen-bond donors (Lipinski definition) is 1. The lowest BCUT2D eigenvalue weighted by Crippen LogP contribution is -2.26. The zero-order valence-electron chi connectivity index (χ0n) is 16.5. The average Bonchev–Trinajstić information content (AvgIpc) is 3.23. The van der Waals surface area contributed by atoms with E-state index in [-0.39, 0.29) is 12.7 Å². The van der Waals surface area contributed by atoms with Crippen LogP contribution in [0.25, 0.3) is 11.3 Å². The second-order valence-corrected chi connectivity index (χ2v) is 8.10. The number of amides is 1. The molecule has 0 atom stereocenters. The Labute approximate surface area is 184 Å². The van der Waals surface area contributed by atoms with E-state index in [1.807, 2.05) is 24.3 Å². The maximum atomic E-state index is 13.2.